The van der Waals surface area contributed by atoms with Crippen LogP contribution in [0, 0.1) is 0 Å². The third-order valence-electron chi connectivity index (χ3n) is 4.19. The Morgan fingerprint density at radius 3 is 1.57 bits per heavy atom. The highest BCUT2D eigenvalue weighted by atomic mass is 28.3. The van der Waals surface area contributed by atoms with Gasteiger partial charge in [-0.2, -0.15) is 0 Å². The predicted molar refractivity (Wildman–Crippen MR) is 95.3 cm³/mol. The molecule has 0 spiro atoms. The summed E-state index contributed by atoms with van der Waals surface area (Å²) in [6, 6.07) is 2.14. The maximum atomic E-state index is 11.6. The van der Waals surface area contributed by atoms with Crippen molar-refractivity contribution in [2.24, 2.45) is 0 Å². The van der Waals surface area contributed by atoms with Crippen molar-refractivity contribution < 1.29 is 9.22 Å². The Bertz CT molecular complexity index is 227. The number of carbonyl (C=O) groups is 1. The molecule has 0 rings (SSSR count). The van der Waals surface area contributed by atoms with Crippen LogP contribution in [0.2, 0.25) is 12.1 Å². The van der Waals surface area contributed by atoms with Crippen molar-refractivity contribution in [3.63, 3.8) is 0 Å². The average molecular weight is 315 g/mol. The van der Waals surface area contributed by atoms with Gasteiger partial charge in [-0.05, 0) is 18.5 Å². The van der Waals surface area contributed by atoms with Crippen LogP contribution in [0.15, 0.2) is 0 Å². The highest BCUT2D eigenvalue weighted by molar-refractivity contribution is 6.53. The minimum absolute atomic E-state index is 0.0614. The van der Waals surface area contributed by atoms with E-state index in [1.165, 1.54) is 64.2 Å². The Morgan fingerprint density at radius 2 is 1.14 bits per heavy atom. The lowest BCUT2D eigenvalue weighted by Gasteiger charge is -2.12. The zero-order chi connectivity index (χ0) is 15.8. The van der Waals surface area contributed by atoms with E-state index in [0.29, 0.717) is 6.42 Å². The molecule has 2 nitrogen and oxygen atoms in total. The molecular weight excluding hydrogens is 276 g/mol. The number of carbonyl (C=O) groups excluding carboxylic acids is 1. The van der Waals surface area contributed by atoms with Crippen molar-refractivity contribution in [2.75, 3.05) is 0 Å². The molecule has 0 aromatic rings. The highest BCUT2D eigenvalue weighted by Crippen LogP contribution is 2.12. The largest absolute Gasteiger partial charge is 0.522 e. The third-order valence-corrected chi connectivity index (χ3v) is 6.61. The summed E-state index contributed by atoms with van der Waals surface area (Å²) in [7, 11) is -1.19. The standard InChI is InChI=1S/C18H38O2Si/c1-4-7-8-9-10-11-12-13-14-15-16-17-18(19)20-21(5-2)6-3/h21H,4-17H2,1-3H3. The summed E-state index contributed by atoms with van der Waals surface area (Å²) in [6.07, 6.45) is 15.2. The van der Waals surface area contributed by atoms with E-state index in [9.17, 15) is 4.79 Å². The second-order valence-electron chi connectivity index (χ2n) is 6.21. The van der Waals surface area contributed by atoms with Crippen molar-refractivity contribution in [3.8, 4) is 0 Å². The van der Waals surface area contributed by atoms with E-state index in [1.54, 1.807) is 0 Å². The quantitative estimate of drug-likeness (QED) is 0.274. The maximum absolute atomic E-state index is 11.6. The molecule has 0 bridgehead atoms. The van der Waals surface area contributed by atoms with E-state index in [4.69, 9.17) is 4.43 Å². The first-order chi connectivity index (χ1) is 10.2. The monoisotopic (exact) mass is 314 g/mol. The summed E-state index contributed by atoms with van der Waals surface area (Å²) in [6.45, 7) is 6.54. The van der Waals surface area contributed by atoms with Crippen molar-refractivity contribution in [1.29, 1.82) is 0 Å². The van der Waals surface area contributed by atoms with Gasteiger partial charge in [-0.15, -0.1) is 0 Å². The van der Waals surface area contributed by atoms with Gasteiger partial charge in [0.2, 0.25) is 9.04 Å². The fourth-order valence-corrected chi connectivity index (χ4v) is 4.03. The molecular formula is C18H38O2Si. The van der Waals surface area contributed by atoms with Gasteiger partial charge in [0.1, 0.15) is 0 Å². The lowest BCUT2D eigenvalue weighted by molar-refractivity contribution is -0.134. The first kappa shape index (κ1) is 20.7. The Kier molecular flexibility index (Phi) is 15.8. The van der Waals surface area contributed by atoms with Gasteiger partial charge >= 0.3 is 0 Å². The Hall–Kier alpha value is -0.313. The lowest BCUT2D eigenvalue weighted by Crippen LogP contribution is -2.20. The Labute approximate surface area is 134 Å². The van der Waals surface area contributed by atoms with E-state index in [0.717, 1.165) is 18.5 Å². The molecule has 0 saturated carbocycles. The zero-order valence-electron chi connectivity index (χ0n) is 14.8. The van der Waals surface area contributed by atoms with E-state index < -0.39 is 9.04 Å². The summed E-state index contributed by atoms with van der Waals surface area (Å²) in [5.74, 6) is 0.0614. The summed E-state index contributed by atoms with van der Waals surface area (Å²) in [5.41, 5.74) is 0. The predicted octanol–water partition coefficient (Wildman–Crippen LogP) is 5.99. The van der Waals surface area contributed by atoms with Crippen molar-refractivity contribution >= 4 is 15.0 Å². The number of rotatable bonds is 15. The van der Waals surface area contributed by atoms with E-state index >= 15 is 0 Å². The molecule has 0 fully saturated rings. The highest BCUT2D eigenvalue weighted by Gasteiger charge is 2.11. The third kappa shape index (κ3) is 14.4. The number of hydrogen-bond acceptors (Lipinski definition) is 2. The lowest BCUT2D eigenvalue weighted by atomic mass is 10.1. The average Bonchev–Trinajstić information content (AvgIpc) is 2.50. The van der Waals surface area contributed by atoms with Crippen LogP contribution in [-0.4, -0.2) is 15.0 Å². The van der Waals surface area contributed by atoms with Gasteiger partial charge in [0.05, 0.1) is 0 Å². The first-order valence-corrected chi connectivity index (χ1v) is 11.5. The van der Waals surface area contributed by atoms with Gasteiger partial charge in [0.15, 0.2) is 0 Å². The van der Waals surface area contributed by atoms with E-state index in [2.05, 4.69) is 20.8 Å². The Morgan fingerprint density at radius 1 is 0.714 bits per heavy atom. The minimum Gasteiger partial charge on any atom is -0.522 e. The van der Waals surface area contributed by atoms with Crippen LogP contribution >= 0.6 is 0 Å². The van der Waals surface area contributed by atoms with Crippen LogP contribution in [-0.2, 0) is 9.22 Å². The summed E-state index contributed by atoms with van der Waals surface area (Å²) in [5, 5.41) is 0. The molecule has 0 N–H and O–H groups in total. The molecule has 0 unspecified atom stereocenters. The topological polar surface area (TPSA) is 26.3 Å². The molecule has 0 aliphatic carbocycles. The van der Waals surface area contributed by atoms with Gasteiger partial charge in [0, 0.05) is 6.42 Å². The van der Waals surface area contributed by atoms with E-state index in [1.807, 2.05) is 0 Å². The molecule has 0 aromatic heterocycles. The molecule has 3 heteroatoms. The Balaban J connectivity index is 3.23. The normalized spacial score (nSPS) is 11.0. The zero-order valence-corrected chi connectivity index (χ0v) is 15.9. The van der Waals surface area contributed by atoms with Gasteiger partial charge in [0.25, 0.3) is 5.97 Å². The molecule has 0 heterocycles. The fourth-order valence-electron chi connectivity index (χ4n) is 2.63. The van der Waals surface area contributed by atoms with Gasteiger partial charge in [-0.25, -0.2) is 0 Å². The fraction of sp³-hybridized carbons (Fsp3) is 0.944. The van der Waals surface area contributed by atoms with Gasteiger partial charge < -0.3 is 4.43 Å². The first-order valence-electron chi connectivity index (χ1n) is 9.44. The van der Waals surface area contributed by atoms with E-state index in [-0.39, 0.29) is 5.97 Å². The molecule has 0 atom stereocenters. The molecule has 0 aliphatic rings. The molecule has 0 aliphatic heterocycles. The second-order valence-corrected chi connectivity index (χ2v) is 9.33. The smallest absolute Gasteiger partial charge is 0.292 e. The molecule has 0 saturated heterocycles. The van der Waals surface area contributed by atoms with Crippen LogP contribution in [0.3, 0.4) is 0 Å². The molecule has 126 valence electrons. The molecule has 0 aromatic carbocycles. The summed E-state index contributed by atoms with van der Waals surface area (Å²) in [4.78, 5) is 11.6. The van der Waals surface area contributed by atoms with Crippen molar-refractivity contribution in [1.82, 2.24) is 0 Å². The maximum Gasteiger partial charge on any atom is 0.292 e. The molecule has 0 radical (unpaired) electrons. The van der Waals surface area contributed by atoms with Gasteiger partial charge in [-0.3, -0.25) is 4.79 Å². The summed E-state index contributed by atoms with van der Waals surface area (Å²) < 4.78 is 5.54. The van der Waals surface area contributed by atoms with Crippen LogP contribution < -0.4 is 0 Å². The molecule has 0 amide bonds. The second kappa shape index (κ2) is 16.1. The van der Waals surface area contributed by atoms with Crippen LogP contribution in [0.25, 0.3) is 0 Å². The SMILES string of the molecule is CCCCCCCCCCCCCC(=O)O[SiH](CC)CC. The molecule has 21 heavy (non-hydrogen) atoms. The van der Waals surface area contributed by atoms with Crippen molar-refractivity contribution in [3.05, 3.63) is 0 Å². The minimum atomic E-state index is -1.19. The number of hydrogen-bond donors (Lipinski definition) is 0. The van der Waals surface area contributed by atoms with Crippen molar-refractivity contribution in [2.45, 2.75) is 110 Å². The summed E-state index contributed by atoms with van der Waals surface area (Å²) >= 11 is 0. The van der Waals surface area contributed by atoms with Crippen LogP contribution in [0.5, 0.6) is 0 Å². The van der Waals surface area contributed by atoms with Crippen LogP contribution in [0.4, 0.5) is 0 Å². The number of unbranched alkanes of at least 4 members (excludes halogenated alkanes) is 10. The van der Waals surface area contributed by atoms with Crippen LogP contribution in [0.1, 0.15) is 97.8 Å². The van der Waals surface area contributed by atoms with Gasteiger partial charge in [-0.1, -0.05) is 85.0 Å².